The van der Waals surface area contributed by atoms with Gasteiger partial charge in [-0.25, -0.2) is 0 Å². The lowest BCUT2D eigenvalue weighted by Crippen LogP contribution is -2.29. The monoisotopic (exact) mass is 443 g/mol. The summed E-state index contributed by atoms with van der Waals surface area (Å²) in [5, 5.41) is 4.99. The summed E-state index contributed by atoms with van der Waals surface area (Å²) in [6, 6.07) is 28.3. The third kappa shape index (κ3) is 4.09. The Hall–Kier alpha value is -3.09. The Morgan fingerprint density at radius 1 is 0.968 bits per heavy atom. The summed E-state index contributed by atoms with van der Waals surface area (Å²) in [7, 11) is 0. The first-order valence-electron chi connectivity index (χ1n) is 10.1. The lowest BCUT2D eigenvalue weighted by molar-refractivity contribution is 0.383. The third-order valence-electron chi connectivity index (χ3n) is 5.23. The molecule has 0 unspecified atom stereocenters. The number of rotatable bonds is 5. The van der Waals surface area contributed by atoms with Crippen LogP contribution in [0.2, 0.25) is 0 Å². The molecule has 5 rings (SSSR count). The van der Waals surface area contributed by atoms with Crippen molar-refractivity contribution in [3.8, 4) is 0 Å². The number of pyridine rings is 1. The number of thiocarbonyl (C=S) groups is 1. The van der Waals surface area contributed by atoms with E-state index in [2.05, 4.69) is 58.5 Å². The van der Waals surface area contributed by atoms with E-state index in [1.807, 2.05) is 54.7 Å². The van der Waals surface area contributed by atoms with Gasteiger partial charge in [0.1, 0.15) is 11.8 Å². The van der Waals surface area contributed by atoms with Crippen molar-refractivity contribution in [3.05, 3.63) is 108 Å². The van der Waals surface area contributed by atoms with E-state index in [1.54, 1.807) is 11.8 Å². The normalized spacial score (nSPS) is 18.2. The maximum Gasteiger partial charge on any atom is 0.174 e. The van der Waals surface area contributed by atoms with E-state index in [1.165, 1.54) is 5.56 Å². The van der Waals surface area contributed by atoms with Gasteiger partial charge in [-0.3, -0.25) is 4.98 Å². The molecule has 0 amide bonds. The summed E-state index contributed by atoms with van der Waals surface area (Å²) in [6.07, 6.45) is 1.81. The molecular weight excluding hydrogens is 422 g/mol. The van der Waals surface area contributed by atoms with E-state index < -0.39 is 0 Å². The van der Waals surface area contributed by atoms with Crippen molar-refractivity contribution in [2.24, 2.45) is 0 Å². The van der Waals surface area contributed by atoms with Gasteiger partial charge < -0.3 is 14.6 Å². The maximum absolute atomic E-state index is 6.35. The molecule has 2 aromatic heterocycles. The smallest absolute Gasteiger partial charge is 0.174 e. The zero-order chi connectivity index (χ0) is 21.2. The number of aromatic nitrogens is 1. The van der Waals surface area contributed by atoms with Gasteiger partial charge in [-0.05, 0) is 73.2 Å². The average molecular weight is 444 g/mol. The van der Waals surface area contributed by atoms with Crippen molar-refractivity contribution >= 4 is 34.8 Å². The number of aryl methyl sites for hydroxylation is 1. The molecule has 4 aromatic rings. The topological polar surface area (TPSA) is 41.3 Å². The van der Waals surface area contributed by atoms with Crippen LogP contribution < -0.4 is 10.2 Å². The Morgan fingerprint density at radius 3 is 2.58 bits per heavy atom. The molecule has 0 bridgehead atoms. The fraction of sp³-hybridized carbons (Fsp3) is 0.120. The molecule has 0 saturated carbocycles. The molecule has 2 aromatic carbocycles. The van der Waals surface area contributed by atoms with Crippen LogP contribution in [0.25, 0.3) is 0 Å². The third-order valence-corrected chi connectivity index (χ3v) is 6.48. The Labute approximate surface area is 191 Å². The predicted molar refractivity (Wildman–Crippen MR) is 128 cm³/mol. The van der Waals surface area contributed by atoms with Gasteiger partial charge >= 0.3 is 0 Å². The highest BCUT2D eigenvalue weighted by Crippen LogP contribution is 2.43. The molecule has 4 nitrogen and oxygen atoms in total. The lowest BCUT2D eigenvalue weighted by atomic mass is 10.0. The van der Waals surface area contributed by atoms with E-state index >= 15 is 0 Å². The number of nitrogens with one attached hydrogen (secondary N) is 1. The van der Waals surface area contributed by atoms with Gasteiger partial charge in [0.15, 0.2) is 10.2 Å². The van der Waals surface area contributed by atoms with E-state index in [-0.39, 0.29) is 12.1 Å². The van der Waals surface area contributed by atoms with Crippen molar-refractivity contribution in [1.29, 1.82) is 0 Å². The molecule has 1 saturated heterocycles. The minimum absolute atomic E-state index is 0.116. The largest absolute Gasteiger partial charge is 0.452 e. The van der Waals surface area contributed by atoms with Gasteiger partial charge in [0.2, 0.25) is 0 Å². The van der Waals surface area contributed by atoms with E-state index in [4.69, 9.17) is 16.6 Å². The molecule has 3 heterocycles. The summed E-state index contributed by atoms with van der Waals surface area (Å²) in [5.74, 6) is 0.850. The van der Waals surface area contributed by atoms with Gasteiger partial charge in [0, 0.05) is 16.8 Å². The minimum atomic E-state index is -0.144. The second-order valence-electron chi connectivity index (χ2n) is 7.41. The highest BCUT2D eigenvalue weighted by molar-refractivity contribution is 7.99. The van der Waals surface area contributed by atoms with Crippen molar-refractivity contribution in [3.63, 3.8) is 0 Å². The fourth-order valence-electron chi connectivity index (χ4n) is 3.85. The quantitative estimate of drug-likeness (QED) is 0.365. The van der Waals surface area contributed by atoms with Crippen molar-refractivity contribution in [2.45, 2.75) is 29.0 Å². The lowest BCUT2D eigenvalue weighted by Gasteiger charge is -2.26. The summed E-state index contributed by atoms with van der Waals surface area (Å²) >= 11 is 7.38. The van der Waals surface area contributed by atoms with Gasteiger partial charge in [0.25, 0.3) is 0 Å². The zero-order valence-electron chi connectivity index (χ0n) is 16.9. The van der Waals surface area contributed by atoms with Crippen molar-refractivity contribution in [2.75, 3.05) is 4.90 Å². The first-order chi connectivity index (χ1) is 15.2. The molecule has 1 N–H and O–H groups in total. The van der Waals surface area contributed by atoms with Crippen LogP contribution in [0.5, 0.6) is 0 Å². The second-order valence-corrected chi connectivity index (χ2v) is 8.87. The standard InChI is InChI=1S/C25H21N3OS2/c1-17-8-7-9-18(16-17)28-24(23(27-25(28)30)20-12-5-6-15-26-20)21-13-14-22(29-21)31-19-10-3-2-4-11-19/h2-16,23-24H,1H3,(H,27,30)/t23-,24-/m0/s1. The van der Waals surface area contributed by atoms with E-state index in [0.29, 0.717) is 5.11 Å². The summed E-state index contributed by atoms with van der Waals surface area (Å²) in [5.41, 5.74) is 3.15. The maximum atomic E-state index is 6.35. The highest BCUT2D eigenvalue weighted by Gasteiger charge is 2.42. The van der Waals surface area contributed by atoms with Gasteiger partial charge in [-0.1, -0.05) is 48.2 Å². The highest BCUT2D eigenvalue weighted by atomic mass is 32.2. The molecule has 1 aliphatic heterocycles. The first-order valence-corrected chi connectivity index (χ1v) is 11.3. The second kappa shape index (κ2) is 8.57. The summed E-state index contributed by atoms with van der Waals surface area (Å²) < 4.78 is 6.35. The number of anilines is 1. The van der Waals surface area contributed by atoms with Gasteiger partial charge in [-0.2, -0.15) is 0 Å². The SMILES string of the molecule is Cc1cccc(N2C(=S)N[C@@H](c3ccccn3)[C@@H]2c2ccc(Sc3ccccc3)o2)c1. The number of hydrogen-bond acceptors (Lipinski definition) is 4. The average Bonchev–Trinajstić information content (AvgIpc) is 3.39. The van der Waals surface area contributed by atoms with E-state index in [0.717, 1.165) is 27.1 Å². The number of hydrogen-bond donors (Lipinski definition) is 1. The number of furan rings is 1. The molecule has 6 heteroatoms. The van der Waals surface area contributed by atoms with Crippen LogP contribution in [-0.4, -0.2) is 10.1 Å². The Bertz CT molecular complexity index is 1190. The molecular formula is C25H21N3OS2. The van der Waals surface area contributed by atoms with Gasteiger partial charge in [0.05, 0.1) is 11.7 Å². The molecule has 1 aliphatic rings. The number of benzene rings is 2. The first kappa shape index (κ1) is 19.8. The number of nitrogens with zero attached hydrogens (tertiary/aromatic N) is 2. The van der Waals surface area contributed by atoms with Crippen LogP contribution >= 0.6 is 24.0 Å². The van der Waals surface area contributed by atoms with Crippen LogP contribution in [-0.2, 0) is 0 Å². The minimum Gasteiger partial charge on any atom is -0.452 e. The molecule has 1 fully saturated rings. The van der Waals surface area contributed by atoms with Crippen LogP contribution in [0, 0.1) is 6.92 Å². The van der Waals surface area contributed by atoms with Crippen LogP contribution in [0.15, 0.2) is 106 Å². The summed E-state index contributed by atoms with van der Waals surface area (Å²) in [4.78, 5) is 7.87. The molecule has 0 spiro atoms. The van der Waals surface area contributed by atoms with Crippen LogP contribution in [0.1, 0.15) is 29.1 Å². The van der Waals surface area contributed by atoms with Gasteiger partial charge in [-0.15, -0.1) is 0 Å². The molecule has 0 aliphatic carbocycles. The predicted octanol–water partition coefficient (Wildman–Crippen LogP) is 6.31. The van der Waals surface area contributed by atoms with E-state index in [9.17, 15) is 0 Å². The molecule has 2 atom stereocenters. The summed E-state index contributed by atoms with van der Waals surface area (Å²) in [6.45, 7) is 2.09. The van der Waals surface area contributed by atoms with Crippen molar-refractivity contribution < 1.29 is 4.42 Å². The fourth-order valence-corrected chi connectivity index (χ4v) is 5.00. The van der Waals surface area contributed by atoms with Crippen LogP contribution in [0.3, 0.4) is 0 Å². The molecule has 0 radical (unpaired) electrons. The Kier molecular flexibility index (Phi) is 5.49. The molecule has 31 heavy (non-hydrogen) atoms. The molecule has 154 valence electrons. The van der Waals surface area contributed by atoms with Crippen LogP contribution in [0.4, 0.5) is 5.69 Å². The van der Waals surface area contributed by atoms with Crippen molar-refractivity contribution in [1.82, 2.24) is 10.3 Å². The zero-order valence-corrected chi connectivity index (χ0v) is 18.6. The Balaban J connectivity index is 1.54. The Morgan fingerprint density at radius 2 is 1.81 bits per heavy atom.